The van der Waals surface area contributed by atoms with Gasteiger partial charge in [-0.2, -0.15) is 10.2 Å². The third kappa shape index (κ3) is 2.50. The van der Waals surface area contributed by atoms with Crippen LogP contribution in [0.1, 0.15) is 49.5 Å². The fourth-order valence-electron chi connectivity index (χ4n) is 4.59. The molecule has 6 nitrogen and oxygen atoms in total. The number of rotatable bonds is 4. The average molecular weight is 335 g/mol. The lowest BCUT2D eigenvalue weighted by atomic mass is 9.80. The van der Waals surface area contributed by atoms with E-state index in [1.165, 1.54) is 25.7 Å². The van der Waals surface area contributed by atoms with E-state index in [9.17, 15) is 0 Å². The number of fused-ring (bicyclic) bond motifs is 1. The van der Waals surface area contributed by atoms with Crippen molar-refractivity contribution in [1.29, 1.82) is 5.26 Å². The Morgan fingerprint density at radius 3 is 3.00 bits per heavy atom. The third-order valence-corrected chi connectivity index (χ3v) is 6.16. The quantitative estimate of drug-likeness (QED) is 0.855. The number of hydrogen-bond acceptors (Lipinski definition) is 6. The Morgan fingerprint density at radius 2 is 2.24 bits per heavy atom. The molecule has 0 unspecified atom stereocenters. The fourth-order valence-corrected chi connectivity index (χ4v) is 4.59. The van der Waals surface area contributed by atoms with Gasteiger partial charge in [-0.25, -0.2) is 4.98 Å². The lowest BCUT2D eigenvalue weighted by Gasteiger charge is -2.24. The van der Waals surface area contributed by atoms with Gasteiger partial charge in [-0.05, 0) is 49.7 Å². The van der Waals surface area contributed by atoms with Gasteiger partial charge in [0.25, 0.3) is 0 Å². The highest BCUT2D eigenvalue weighted by Gasteiger charge is 2.54. The molecule has 0 amide bonds. The van der Waals surface area contributed by atoms with Crippen LogP contribution in [0.4, 0.5) is 5.69 Å². The summed E-state index contributed by atoms with van der Waals surface area (Å²) >= 11 is 0. The highest BCUT2D eigenvalue weighted by Crippen LogP contribution is 2.50. The molecule has 3 fully saturated rings. The second kappa shape index (κ2) is 5.55. The van der Waals surface area contributed by atoms with Gasteiger partial charge in [0.1, 0.15) is 11.8 Å². The van der Waals surface area contributed by atoms with Crippen molar-refractivity contribution in [1.82, 2.24) is 15.1 Å². The summed E-state index contributed by atoms with van der Waals surface area (Å²) in [7, 11) is 0. The molecule has 128 valence electrons. The first-order valence-electron chi connectivity index (χ1n) is 9.21. The first-order valence-corrected chi connectivity index (χ1v) is 9.21. The maximum Gasteiger partial charge on any atom is 0.235 e. The van der Waals surface area contributed by atoms with Crippen molar-refractivity contribution in [3.8, 4) is 6.07 Å². The second-order valence-corrected chi connectivity index (χ2v) is 7.80. The van der Waals surface area contributed by atoms with Crippen LogP contribution in [0.3, 0.4) is 0 Å². The van der Waals surface area contributed by atoms with Crippen LogP contribution in [0.25, 0.3) is 0 Å². The maximum atomic E-state index is 8.93. The SMILES string of the molecule is N#Cc1ccc(N2C[C@H]3CCC[C@@]3(c3nc(CC4CC4)no3)C2)cn1. The van der Waals surface area contributed by atoms with Gasteiger partial charge in [0.15, 0.2) is 5.82 Å². The Balaban J connectivity index is 1.41. The van der Waals surface area contributed by atoms with Crippen molar-refractivity contribution < 1.29 is 4.52 Å². The Morgan fingerprint density at radius 1 is 1.32 bits per heavy atom. The van der Waals surface area contributed by atoms with Crippen molar-refractivity contribution >= 4 is 5.69 Å². The van der Waals surface area contributed by atoms with E-state index in [1.54, 1.807) is 12.3 Å². The molecule has 3 heterocycles. The summed E-state index contributed by atoms with van der Waals surface area (Å²) in [5, 5.41) is 13.2. The van der Waals surface area contributed by atoms with Gasteiger partial charge >= 0.3 is 0 Å². The molecule has 2 saturated carbocycles. The van der Waals surface area contributed by atoms with Crippen LogP contribution in [0.15, 0.2) is 22.9 Å². The van der Waals surface area contributed by atoms with E-state index < -0.39 is 0 Å². The third-order valence-electron chi connectivity index (χ3n) is 6.16. The number of hydrogen-bond donors (Lipinski definition) is 0. The Bertz CT molecular complexity index is 819. The van der Waals surface area contributed by atoms with Crippen LogP contribution in [0.2, 0.25) is 0 Å². The number of nitriles is 1. The Kier molecular flexibility index (Phi) is 3.30. The van der Waals surface area contributed by atoms with Crippen LogP contribution in [0, 0.1) is 23.2 Å². The highest BCUT2D eigenvalue weighted by atomic mass is 16.5. The normalized spacial score (nSPS) is 28.1. The molecular weight excluding hydrogens is 314 g/mol. The summed E-state index contributed by atoms with van der Waals surface area (Å²) in [6.45, 7) is 1.89. The zero-order chi connectivity index (χ0) is 16.9. The summed E-state index contributed by atoms with van der Waals surface area (Å²) in [4.78, 5) is 11.4. The summed E-state index contributed by atoms with van der Waals surface area (Å²) in [5.41, 5.74) is 1.52. The molecular formula is C19H21N5O. The van der Waals surface area contributed by atoms with Crippen molar-refractivity contribution in [3.05, 3.63) is 35.7 Å². The van der Waals surface area contributed by atoms with Crippen LogP contribution in [0.5, 0.6) is 0 Å². The van der Waals surface area contributed by atoms with Gasteiger partial charge in [-0.3, -0.25) is 0 Å². The summed E-state index contributed by atoms with van der Waals surface area (Å²) in [6, 6.07) is 5.86. The smallest absolute Gasteiger partial charge is 0.235 e. The lowest BCUT2D eigenvalue weighted by Crippen LogP contribution is -2.32. The zero-order valence-electron chi connectivity index (χ0n) is 14.2. The summed E-state index contributed by atoms with van der Waals surface area (Å²) in [5.74, 6) is 3.05. The zero-order valence-corrected chi connectivity index (χ0v) is 14.2. The minimum Gasteiger partial charge on any atom is -0.369 e. The molecule has 2 atom stereocenters. The van der Waals surface area contributed by atoms with Crippen molar-refractivity contribution in [3.63, 3.8) is 0 Å². The minimum atomic E-state index is -0.0112. The predicted octanol–water partition coefficient (Wildman–Crippen LogP) is 2.85. The van der Waals surface area contributed by atoms with E-state index >= 15 is 0 Å². The van der Waals surface area contributed by atoms with E-state index in [-0.39, 0.29) is 5.41 Å². The molecule has 0 N–H and O–H groups in total. The fraction of sp³-hybridized carbons (Fsp3) is 0.579. The lowest BCUT2D eigenvalue weighted by molar-refractivity contribution is 0.265. The number of aromatic nitrogens is 3. The van der Waals surface area contributed by atoms with Gasteiger partial charge < -0.3 is 9.42 Å². The standard InChI is InChI=1S/C19H21N5O/c20-9-15-5-6-16(10-21-15)24-11-14-2-1-7-19(14,12-24)18-22-17(23-25-18)8-13-3-4-13/h5-6,10,13-14H,1-4,7-8,11-12H2/t14-,19-/m1/s1. The van der Waals surface area contributed by atoms with Gasteiger partial charge in [0.05, 0.1) is 17.3 Å². The molecule has 0 radical (unpaired) electrons. The van der Waals surface area contributed by atoms with E-state index in [4.69, 9.17) is 14.8 Å². The van der Waals surface area contributed by atoms with Crippen molar-refractivity contribution in [2.45, 2.75) is 43.9 Å². The average Bonchev–Trinajstić information content (AvgIpc) is 3.03. The molecule has 0 aromatic carbocycles. The van der Waals surface area contributed by atoms with Crippen LogP contribution >= 0.6 is 0 Å². The van der Waals surface area contributed by atoms with Crippen LogP contribution < -0.4 is 4.90 Å². The first kappa shape index (κ1) is 14.9. The van der Waals surface area contributed by atoms with Crippen molar-refractivity contribution in [2.75, 3.05) is 18.0 Å². The second-order valence-electron chi connectivity index (χ2n) is 7.80. The summed E-state index contributed by atoms with van der Waals surface area (Å²) < 4.78 is 5.76. The number of nitrogens with zero attached hydrogens (tertiary/aromatic N) is 5. The largest absolute Gasteiger partial charge is 0.369 e. The molecule has 25 heavy (non-hydrogen) atoms. The van der Waals surface area contributed by atoms with E-state index in [0.717, 1.165) is 49.3 Å². The number of anilines is 1. The molecule has 1 saturated heterocycles. The first-order chi connectivity index (χ1) is 12.3. The van der Waals surface area contributed by atoms with Crippen LogP contribution in [-0.4, -0.2) is 28.2 Å². The molecule has 3 aliphatic rings. The molecule has 2 aliphatic carbocycles. The van der Waals surface area contributed by atoms with Gasteiger partial charge in [0, 0.05) is 19.5 Å². The Hall–Kier alpha value is -2.42. The predicted molar refractivity (Wildman–Crippen MR) is 90.9 cm³/mol. The molecule has 6 heteroatoms. The Labute approximate surface area is 146 Å². The van der Waals surface area contributed by atoms with Gasteiger partial charge in [-0.1, -0.05) is 11.6 Å². The van der Waals surface area contributed by atoms with E-state index in [0.29, 0.717) is 11.6 Å². The van der Waals surface area contributed by atoms with E-state index in [2.05, 4.69) is 21.1 Å². The molecule has 2 aromatic rings. The monoisotopic (exact) mass is 335 g/mol. The number of pyridine rings is 1. The van der Waals surface area contributed by atoms with Crippen LogP contribution in [-0.2, 0) is 11.8 Å². The van der Waals surface area contributed by atoms with Gasteiger partial charge in [0.2, 0.25) is 5.89 Å². The maximum absolute atomic E-state index is 8.93. The molecule has 0 spiro atoms. The molecule has 0 bridgehead atoms. The topological polar surface area (TPSA) is 78.8 Å². The molecule has 1 aliphatic heterocycles. The van der Waals surface area contributed by atoms with E-state index in [1.807, 2.05) is 6.07 Å². The van der Waals surface area contributed by atoms with Crippen molar-refractivity contribution in [2.24, 2.45) is 11.8 Å². The molecule has 5 rings (SSSR count). The van der Waals surface area contributed by atoms with Gasteiger partial charge in [-0.15, -0.1) is 0 Å². The molecule has 2 aromatic heterocycles. The highest BCUT2D eigenvalue weighted by molar-refractivity contribution is 5.49. The summed E-state index contributed by atoms with van der Waals surface area (Å²) in [6.07, 6.45) is 8.93. The minimum absolute atomic E-state index is 0.0112.